The summed E-state index contributed by atoms with van der Waals surface area (Å²) in [6.45, 7) is 0.958. The van der Waals surface area contributed by atoms with Gasteiger partial charge in [0.2, 0.25) is 5.91 Å². The van der Waals surface area contributed by atoms with Gasteiger partial charge in [-0.15, -0.1) is 0 Å². The molecular weight excluding hydrogens is 373 g/mol. The van der Waals surface area contributed by atoms with Crippen LogP contribution in [0.5, 0.6) is 0 Å². The van der Waals surface area contributed by atoms with Crippen LogP contribution < -0.4 is 10.2 Å². The molecule has 1 unspecified atom stereocenters. The van der Waals surface area contributed by atoms with E-state index in [4.69, 9.17) is 23.2 Å². The van der Waals surface area contributed by atoms with E-state index in [9.17, 15) is 9.59 Å². The number of hydrogen-bond acceptors (Lipinski definition) is 2. The van der Waals surface area contributed by atoms with Crippen molar-refractivity contribution in [3.63, 3.8) is 0 Å². The van der Waals surface area contributed by atoms with Gasteiger partial charge in [0, 0.05) is 17.6 Å². The summed E-state index contributed by atoms with van der Waals surface area (Å²) in [7, 11) is 3.55. The third-order valence-corrected chi connectivity index (χ3v) is 4.41. The molecule has 0 heterocycles. The molecule has 138 valence electrons. The molecule has 0 aromatic heterocycles. The zero-order valence-corrected chi connectivity index (χ0v) is 16.3. The average Bonchev–Trinajstić information content (AvgIpc) is 2.58. The molecule has 2 aromatic rings. The number of anilines is 1. The van der Waals surface area contributed by atoms with Gasteiger partial charge in [0.25, 0.3) is 5.91 Å². The van der Waals surface area contributed by atoms with Crippen molar-refractivity contribution in [2.45, 2.75) is 6.54 Å². The third kappa shape index (κ3) is 6.33. The minimum Gasteiger partial charge on any atom is -0.332 e. The molecule has 2 rings (SSSR count). The second-order valence-electron chi connectivity index (χ2n) is 6.21. The minimum atomic E-state index is -0.288. The van der Waals surface area contributed by atoms with Crippen LogP contribution in [0.4, 0.5) is 5.69 Å². The Morgan fingerprint density at radius 2 is 1.73 bits per heavy atom. The number of nitrogens with zero attached hydrogens (tertiary/aromatic N) is 1. The molecule has 0 bridgehead atoms. The highest BCUT2D eigenvalue weighted by atomic mass is 35.5. The van der Waals surface area contributed by atoms with Crippen LogP contribution in [-0.4, -0.2) is 43.9 Å². The lowest BCUT2D eigenvalue weighted by atomic mass is 10.2. The van der Waals surface area contributed by atoms with Crippen molar-refractivity contribution < 1.29 is 14.5 Å². The Morgan fingerprint density at radius 3 is 2.38 bits per heavy atom. The predicted octanol–water partition coefficient (Wildman–Crippen LogP) is 2.11. The van der Waals surface area contributed by atoms with E-state index in [0.29, 0.717) is 28.8 Å². The standard InChI is InChI=1S/C19H21Cl2N3O2/c1-23(11-14-7-9-15(20)10-8-14)13-19(26)24(2)12-18(25)22-17-6-4-3-5-16(17)21/h3-10H,11-13H2,1-2H3,(H,22,25)/p+1. The number of carbonyl (C=O) groups excluding carboxylic acids is 2. The summed E-state index contributed by atoms with van der Waals surface area (Å²) in [6, 6.07) is 14.5. The first-order valence-corrected chi connectivity index (χ1v) is 8.95. The second kappa shape index (κ2) is 9.57. The molecule has 5 nitrogen and oxygen atoms in total. The van der Waals surface area contributed by atoms with Crippen LogP contribution in [0.2, 0.25) is 10.0 Å². The van der Waals surface area contributed by atoms with E-state index in [2.05, 4.69) is 5.32 Å². The topological polar surface area (TPSA) is 53.9 Å². The van der Waals surface area contributed by atoms with E-state index >= 15 is 0 Å². The number of benzene rings is 2. The lowest BCUT2D eigenvalue weighted by Gasteiger charge is -2.20. The predicted molar refractivity (Wildman–Crippen MR) is 105 cm³/mol. The van der Waals surface area contributed by atoms with Crippen LogP contribution in [0.1, 0.15) is 5.56 Å². The van der Waals surface area contributed by atoms with Crippen molar-refractivity contribution in [1.82, 2.24) is 4.90 Å². The Morgan fingerprint density at radius 1 is 1.08 bits per heavy atom. The molecule has 0 saturated heterocycles. The molecule has 0 fully saturated rings. The van der Waals surface area contributed by atoms with Gasteiger partial charge in [-0.1, -0.05) is 47.5 Å². The highest BCUT2D eigenvalue weighted by molar-refractivity contribution is 6.33. The normalized spacial score (nSPS) is 11.7. The van der Waals surface area contributed by atoms with Gasteiger partial charge < -0.3 is 15.1 Å². The van der Waals surface area contributed by atoms with Crippen molar-refractivity contribution >= 4 is 40.7 Å². The maximum absolute atomic E-state index is 12.3. The number of para-hydroxylation sites is 1. The molecule has 26 heavy (non-hydrogen) atoms. The van der Waals surface area contributed by atoms with E-state index in [-0.39, 0.29) is 18.4 Å². The summed E-state index contributed by atoms with van der Waals surface area (Å²) >= 11 is 11.9. The fraction of sp³-hybridized carbons (Fsp3) is 0.263. The van der Waals surface area contributed by atoms with Crippen LogP contribution >= 0.6 is 23.2 Å². The molecule has 2 amide bonds. The fourth-order valence-corrected chi connectivity index (χ4v) is 2.77. The van der Waals surface area contributed by atoms with Crippen molar-refractivity contribution in [3.8, 4) is 0 Å². The lowest BCUT2D eigenvalue weighted by molar-refractivity contribution is -0.885. The number of amides is 2. The van der Waals surface area contributed by atoms with Gasteiger partial charge in [-0.3, -0.25) is 9.59 Å². The lowest BCUT2D eigenvalue weighted by Crippen LogP contribution is -3.08. The molecule has 0 saturated carbocycles. The third-order valence-electron chi connectivity index (χ3n) is 3.83. The first kappa shape index (κ1) is 20.2. The molecule has 7 heteroatoms. The summed E-state index contributed by atoms with van der Waals surface area (Å²) in [5, 5.41) is 3.86. The molecule has 2 N–H and O–H groups in total. The van der Waals surface area contributed by atoms with E-state index in [1.165, 1.54) is 4.90 Å². The van der Waals surface area contributed by atoms with Crippen LogP contribution in [0.3, 0.4) is 0 Å². The molecule has 0 aliphatic heterocycles. The number of quaternary nitrogens is 1. The second-order valence-corrected chi connectivity index (χ2v) is 7.06. The van der Waals surface area contributed by atoms with Crippen LogP contribution in [-0.2, 0) is 16.1 Å². The van der Waals surface area contributed by atoms with Crippen molar-refractivity contribution in [1.29, 1.82) is 0 Å². The quantitative estimate of drug-likeness (QED) is 0.755. The summed E-state index contributed by atoms with van der Waals surface area (Å²) < 4.78 is 0. The monoisotopic (exact) mass is 394 g/mol. The number of nitrogens with one attached hydrogen (secondary N) is 2. The summed E-state index contributed by atoms with van der Waals surface area (Å²) in [4.78, 5) is 26.9. The molecule has 0 aliphatic rings. The van der Waals surface area contributed by atoms with Gasteiger partial charge in [0.15, 0.2) is 6.54 Å². The average molecular weight is 395 g/mol. The van der Waals surface area contributed by atoms with Gasteiger partial charge in [0.05, 0.1) is 24.3 Å². The largest absolute Gasteiger partial charge is 0.332 e. The molecule has 2 aromatic carbocycles. The Labute approximate surface area is 163 Å². The first-order valence-electron chi connectivity index (χ1n) is 8.19. The zero-order chi connectivity index (χ0) is 19.1. The SMILES string of the molecule is CN(CC(=O)Nc1ccccc1Cl)C(=O)C[NH+](C)Cc1ccc(Cl)cc1. The maximum atomic E-state index is 12.3. The Bertz CT molecular complexity index is 766. The highest BCUT2D eigenvalue weighted by Crippen LogP contribution is 2.20. The fourth-order valence-electron chi connectivity index (χ4n) is 2.46. The summed E-state index contributed by atoms with van der Waals surface area (Å²) in [5.74, 6) is -0.393. The molecule has 0 aliphatic carbocycles. The minimum absolute atomic E-state index is 0.0295. The maximum Gasteiger partial charge on any atom is 0.277 e. The van der Waals surface area contributed by atoms with Gasteiger partial charge in [0.1, 0.15) is 6.54 Å². The molecular formula is C19H22Cl2N3O2+. The summed E-state index contributed by atoms with van der Waals surface area (Å²) in [5.41, 5.74) is 1.63. The van der Waals surface area contributed by atoms with E-state index in [1.54, 1.807) is 31.3 Å². The van der Waals surface area contributed by atoms with Crippen LogP contribution in [0, 0.1) is 0 Å². The van der Waals surface area contributed by atoms with Crippen molar-refractivity contribution in [2.75, 3.05) is 32.5 Å². The highest BCUT2D eigenvalue weighted by Gasteiger charge is 2.18. The van der Waals surface area contributed by atoms with Gasteiger partial charge in [-0.05, 0) is 24.3 Å². The van der Waals surface area contributed by atoms with Crippen molar-refractivity contribution in [2.24, 2.45) is 0 Å². The van der Waals surface area contributed by atoms with E-state index < -0.39 is 0 Å². The molecule has 0 radical (unpaired) electrons. The number of carbonyl (C=O) groups is 2. The van der Waals surface area contributed by atoms with Crippen molar-refractivity contribution in [3.05, 3.63) is 64.1 Å². The Kier molecular flexibility index (Phi) is 7.45. The molecule has 0 spiro atoms. The summed E-state index contributed by atoms with van der Waals surface area (Å²) in [6.07, 6.45) is 0. The van der Waals surface area contributed by atoms with Gasteiger partial charge in [-0.2, -0.15) is 0 Å². The van der Waals surface area contributed by atoms with Crippen LogP contribution in [0.15, 0.2) is 48.5 Å². The van der Waals surface area contributed by atoms with E-state index in [0.717, 1.165) is 10.5 Å². The first-order chi connectivity index (χ1) is 12.3. The number of likely N-dealkylation sites (N-methyl/N-ethyl adjacent to an activating group) is 2. The number of rotatable bonds is 7. The van der Waals surface area contributed by atoms with Gasteiger partial charge >= 0.3 is 0 Å². The zero-order valence-electron chi connectivity index (χ0n) is 14.8. The van der Waals surface area contributed by atoms with Gasteiger partial charge in [-0.25, -0.2) is 0 Å². The van der Waals surface area contributed by atoms with Crippen LogP contribution in [0.25, 0.3) is 0 Å². The number of hydrogen-bond donors (Lipinski definition) is 2. The smallest absolute Gasteiger partial charge is 0.277 e. The van der Waals surface area contributed by atoms with E-state index in [1.807, 2.05) is 31.3 Å². The molecule has 1 atom stereocenters. The Hall–Kier alpha value is -2.08. The number of halogens is 2. The Balaban J connectivity index is 1.81.